The van der Waals surface area contributed by atoms with Gasteiger partial charge in [0.05, 0.1) is 19.6 Å². The van der Waals surface area contributed by atoms with E-state index >= 15 is 0 Å². The number of ether oxygens (including phenoxy) is 1. The summed E-state index contributed by atoms with van der Waals surface area (Å²) in [5, 5.41) is 3.03. The van der Waals surface area contributed by atoms with Crippen molar-refractivity contribution in [1.29, 1.82) is 0 Å². The second kappa shape index (κ2) is 15.2. The molecule has 174 valence electrons. The Morgan fingerprint density at radius 3 is 1.55 bits per heavy atom. The van der Waals surface area contributed by atoms with Gasteiger partial charge in [-0.25, -0.2) is 4.79 Å². The zero-order valence-electron chi connectivity index (χ0n) is 20.2. The highest BCUT2D eigenvalue weighted by molar-refractivity contribution is 6.62. The highest BCUT2D eigenvalue weighted by atomic mass is 28.4. The van der Waals surface area contributed by atoms with Gasteiger partial charge < -0.3 is 23.3 Å². The van der Waals surface area contributed by atoms with Crippen LogP contribution < -0.4 is 5.32 Å². The van der Waals surface area contributed by atoms with Crippen LogP contribution in [-0.4, -0.2) is 70.7 Å². The molecule has 0 radical (unpaired) electrons. The lowest BCUT2D eigenvalue weighted by atomic mass is 10.3. The van der Waals surface area contributed by atoms with Crippen LogP contribution in [0.2, 0.25) is 0 Å². The Kier molecular flexibility index (Phi) is 14.8. The molecule has 2 unspecified atom stereocenters. The lowest BCUT2D eigenvalue weighted by molar-refractivity contribution is -0.962. The Morgan fingerprint density at radius 2 is 1.24 bits per heavy atom. The molecule has 0 saturated heterocycles. The summed E-state index contributed by atoms with van der Waals surface area (Å²) in [6.07, 6.45) is 2.58. The minimum Gasteiger partial charge on any atom is -0.397 e. The van der Waals surface area contributed by atoms with E-state index in [0.717, 1.165) is 43.4 Å². The molecule has 0 heterocycles. The molecule has 0 aromatic carbocycles. The SMILES string of the molecule is CCCO[Si](OCCC)(OCCC)C(CC)NC(=O)OC(C)[N+](CC)(CC)CC. The van der Waals surface area contributed by atoms with Crippen LogP contribution in [0, 0.1) is 0 Å². The zero-order valence-corrected chi connectivity index (χ0v) is 21.2. The van der Waals surface area contributed by atoms with Crippen molar-refractivity contribution in [3.63, 3.8) is 0 Å². The van der Waals surface area contributed by atoms with Crippen LogP contribution in [0.4, 0.5) is 4.79 Å². The first kappa shape index (κ1) is 28.3. The predicted octanol–water partition coefficient (Wildman–Crippen LogP) is 4.47. The fraction of sp³-hybridized carbons (Fsp3) is 0.952. The van der Waals surface area contributed by atoms with E-state index in [1.54, 1.807) is 0 Å². The van der Waals surface area contributed by atoms with Gasteiger partial charge in [-0.2, -0.15) is 0 Å². The third kappa shape index (κ3) is 8.53. The number of quaternary nitrogens is 1. The van der Waals surface area contributed by atoms with Crippen molar-refractivity contribution in [2.45, 2.75) is 93.0 Å². The number of nitrogens with zero attached hydrogens (tertiary/aromatic N) is 1. The van der Waals surface area contributed by atoms with Crippen LogP contribution in [0.5, 0.6) is 0 Å². The molecule has 0 spiro atoms. The van der Waals surface area contributed by atoms with Gasteiger partial charge in [0, 0.05) is 26.7 Å². The third-order valence-corrected chi connectivity index (χ3v) is 8.81. The molecule has 0 aliphatic heterocycles. The Labute approximate surface area is 180 Å². The van der Waals surface area contributed by atoms with Crippen LogP contribution in [0.25, 0.3) is 0 Å². The Balaban J connectivity index is 5.44. The minimum atomic E-state index is -3.09. The molecular weight excluding hydrogens is 388 g/mol. The molecule has 7 nitrogen and oxygen atoms in total. The summed E-state index contributed by atoms with van der Waals surface area (Å²) in [5.41, 5.74) is -0.335. The van der Waals surface area contributed by atoms with E-state index in [4.69, 9.17) is 18.0 Å². The Morgan fingerprint density at radius 1 is 0.828 bits per heavy atom. The van der Waals surface area contributed by atoms with Crippen molar-refractivity contribution < 1.29 is 27.3 Å². The summed E-state index contributed by atoms with van der Waals surface area (Å²) in [6.45, 7) is 20.9. The average Bonchev–Trinajstić information content (AvgIpc) is 2.73. The number of hydrogen-bond donors (Lipinski definition) is 1. The Bertz CT molecular complexity index is 405. The summed E-state index contributed by atoms with van der Waals surface area (Å²) in [6, 6.07) is 0. The molecule has 0 aliphatic carbocycles. The van der Waals surface area contributed by atoms with Crippen molar-refractivity contribution >= 4 is 14.9 Å². The molecule has 0 aliphatic rings. The fourth-order valence-electron chi connectivity index (χ4n) is 3.49. The smallest absolute Gasteiger partial charge is 0.397 e. The maximum Gasteiger partial charge on any atom is 0.524 e. The summed E-state index contributed by atoms with van der Waals surface area (Å²) in [7, 11) is -3.09. The highest BCUT2D eigenvalue weighted by Gasteiger charge is 2.50. The number of carbonyl (C=O) groups is 1. The van der Waals surface area contributed by atoms with E-state index in [1.165, 1.54) is 0 Å². The quantitative estimate of drug-likeness (QED) is 0.207. The maximum atomic E-state index is 12.8. The van der Waals surface area contributed by atoms with E-state index < -0.39 is 14.9 Å². The summed E-state index contributed by atoms with van der Waals surface area (Å²) >= 11 is 0. The monoisotopic (exact) mass is 435 g/mol. The number of rotatable bonds is 17. The molecule has 2 atom stereocenters. The number of carbonyl (C=O) groups excluding carboxylic acids is 1. The van der Waals surface area contributed by atoms with E-state index in [1.807, 2.05) is 13.8 Å². The first-order chi connectivity index (χ1) is 13.8. The van der Waals surface area contributed by atoms with Crippen LogP contribution in [0.3, 0.4) is 0 Å². The standard InChI is InChI=1S/C21H46N2O5Si/c1-9-16-25-29(26-17-10-2,27-18-11-3)20(12-4)22-21(24)28-19(8)23(13-5,14-6)15-7/h19-20H,9-18H2,1-8H3/p+1. The van der Waals surface area contributed by atoms with Gasteiger partial charge in [-0.1, -0.05) is 27.7 Å². The topological polar surface area (TPSA) is 66.0 Å². The lowest BCUT2D eigenvalue weighted by Gasteiger charge is -2.40. The van der Waals surface area contributed by atoms with E-state index in [2.05, 4.69) is 46.9 Å². The van der Waals surface area contributed by atoms with Crippen LogP contribution in [-0.2, 0) is 18.0 Å². The number of hydrogen-bond acceptors (Lipinski definition) is 5. The molecule has 0 saturated carbocycles. The molecule has 8 heteroatoms. The number of nitrogens with one attached hydrogen (secondary N) is 1. The van der Waals surface area contributed by atoms with Crippen molar-refractivity contribution in [1.82, 2.24) is 5.32 Å². The predicted molar refractivity (Wildman–Crippen MR) is 120 cm³/mol. The van der Waals surface area contributed by atoms with Gasteiger partial charge >= 0.3 is 14.9 Å². The van der Waals surface area contributed by atoms with Crippen molar-refractivity contribution in [3.8, 4) is 0 Å². The summed E-state index contributed by atoms with van der Waals surface area (Å²) in [4.78, 5) is 12.8. The van der Waals surface area contributed by atoms with Crippen molar-refractivity contribution in [2.75, 3.05) is 39.5 Å². The van der Waals surface area contributed by atoms with Crippen LogP contribution in [0.15, 0.2) is 0 Å². The van der Waals surface area contributed by atoms with E-state index in [9.17, 15) is 4.79 Å². The Hall–Kier alpha value is -0.673. The number of alkyl carbamates (subject to hydrolysis) is 1. The molecule has 0 aromatic heterocycles. The van der Waals surface area contributed by atoms with Crippen molar-refractivity contribution in [2.24, 2.45) is 0 Å². The molecule has 1 N–H and O–H groups in total. The van der Waals surface area contributed by atoms with Gasteiger partial charge in [-0.15, -0.1) is 0 Å². The molecule has 1 amide bonds. The van der Waals surface area contributed by atoms with Gasteiger partial charge in [0.25, 0.3) is 0 Å². The third-order valence-electron chi connectivity index (χ3n) is 5.59. The first-order valence-corrected chi connectivity index (χ1v) is 13.4. The first-order valence-electron chi connectivity index (χ1n) is 11.6. The number of amides is 1. The molecule has 0 bridgehead atoms. The maximum absolute atomic E-state index is 12.8. The van der Waals surface area contributed by atoms with Gasteiger partial charge in [0.15, 0.2) is 0 Å². The summed E-state index contributed by atoms with van der Waals surface area (Å²) < 4.78 is 25.1. The van der Waals surface area contributed by atoms with Crippen molar-refractivity contribution in [3.05, 3.63) is 0 Å². The molecule has 0 fully saturated rings. The highest BCUT2D eigenvalue weighted by Crippen LogP contribution is 2.20. The second-order valence-electron chi connectivity index (χ2n) is 7.43. The second-order valence-corrected chi connectivity index (χ2v) is 10.2. The molecular formula is C21H47N2O5Si+. The van der Waals surface area contributed by atoms with Gasteiger partial charge in [-0.05, 0) is 46.5 Å². The lowest BCUT2D eigenvalue weighted by Crippen LogP contribution is -2.64. The van der Waals surface area contributed by atoms with Gasteiger partial charge in [0.2, 0.25) is 6.23 Å². The van der Waals surface area contributed by atoms with Crippen LogP contribution in [0.1, 0.15) is 81.1 Å². The molecule has 29 heavy (non-hydrogen) atoms. The normalized spacial score (nSPS) is 14.5. The minimum absolute atomic E-state index is 0.228. The van der Waals surface area contributed by atoms with Gasteiger partial charge in [0.1, 0.15) is 5.67 Å². The average molecular weight is 436 g/mol. The fourth-order valence-corrected chi connectivity index (χ4v) is 6.60. The molecule has 0 aromatic rings. The largest absolute Gasteiger partial charge is 0.524 e. The van der Waals surface area contributed by atoms with E-state index in [-0.39, 0.29) is 11.9 Å². The molecule has 0 rings (SSSR count). The van der Waals surface area contributed by atoms with Crippen LogP contribution >= 0.6 is 0 Å². The van der Waals surface area contributed by atoms with E-state index in [0.29, 0.717) is 26.2 Å². The van der Waals surface area contributed by atoms with Gasteiger partial charge in [-0.3, -0.25) is 4.48 Å². The zero-order chi connectivity index (χ0) is 22.3. The summed E-state index contributed by atoms with van der Waals surface area (Å²) in [5.74, 6) is 0.